The van der Waals surface area contributed by atoms with Gasteiger partial charge in [0.1, 0.15) is 19.1 Å². The molecule has 1 heterocycles. The highest BCUT2D eigenvalue weighted by atomic mass is 16.6. The van der Waals surface area contributed by atoms with E-state index in [1.807, 2.05) is 54.6 Å². The van der Waals surface area contributed by atoms with Crippen LogP contribution in [0.1, 0.15) is 37.0 Å². The summed E-state index contributed by atoms with van der Waals surface area (Å²) in [5.74, 6) is -0.554. The Morgan fingerprint density at radius 2 is 1.81 bits per heavy atom. The maximum Gasteiger partial charge on any atom is 0.323 e. The number of hydrogen-bond acceptors (Lipinski definition) is 6. The van der Waals surface area contributed by atoms with Gasteiger partial charge in [0, 0.05) is 13.0 Å². The number of fused-ring (bicyclic) bond motifs is 1. The molecule has 0 unspecified atom stereocenters. The second-order valence-electron chi connectivity index (χ2n) is 7.91. The number of hydrogen-bond donors (Lipinski definition) is 2. The van der Waals surface area contributed by atoms with E-state index < -0.39 is 25.1 Å². The summed E-state index contributed by atoms with van der Waals surface area (Å²) in [4.78, 5) is 27.5. The highest BCUT2D eigenvalue weighted by Crippen LogP contribution is 2.24. The van der Waals surface area contributed by atoms with E-state index in [0.29, 0.717) is 25.8 Å². The predicted molar refractivity (Wildman–Crippen MR) is 120 cm³/mol. The van der Waals surface area contributed by atoms with E-state index in [2.05, 4.69) is 5.32 Å². The summed E-state index contributed by atoms with van der Waals surface area (Å²) < 4.78 is 10.7. The molecule has 0 saturated heterocycles. The molecule has 3 rings (SSSR count). The Morgan fingerprint density at radius 3 is 2.50 bits per heavy atom. The number of benzene rings is 2. The SMILES string of the molecule is CCOC(=O)[C@H](CCc1ccccc1)N[C@@H](C)C(=O)N1Cc2ccccc2C[C@H]1OCO. The zero-order valence-corrected chi connectivity index (χ0v) is 18.7. The number of rotatable bonds is 10. The second-order valence-corrected chi connectivity index (χ2v) is 7.91. The molecule has 0 bridgehead atoms. The Hall–Kier alpha value is -2.74. The van der Waals surface area contributed by atoms with Gasteiger partial charge in [-0.15, -0.1) is 0 Å². The van der Waals surface area contributed by atoms with Crippen molar-refractivity contribution in [1.29, 1.82) is 0 Å². The Kier molecular flexibility index (Phi) is 8.79. The number of aliphatic hydroxyl groups is 1. The van der Waals surface area contributed by atoms with Crippen LogP contribution in [-0.4, -0.2) is 53.6 Å². The number of nitrogens with zero attached hydrogens (tertiary/aromatic N) is 1. The van der Waals surface area contributed by atoms with Crippen molar-refractivity contribution in [2.24, 2.45) is 0 Å². The maximum absolute atomic E-state index is 13.3. The Balaban J connectivity index is 1.70. The molecule has 32 heavy (non-hydrogen) atoms. The van der Waals surface area contributed by atoms with Gasteiger partial charge in [-0.2, -0.15) is 0 Å². The van der Waals surface area contributed by atoms with E-state index in [4.69, 9.17) is 9.47 Å². The summed E-state index contributed by atoms with van der Waals surface area (Å²) in [6.45, 7) is 3.71. The van der Waals surface area contributed by atoms with E-state index >= 15 is 0 Å². The lowest BCUT2D eigenvalue weighted by Gasteiger charge is -2.38. The largest absolute Gasteiger partial charge is 0.465 e. The highest BCUT2D eigenvalue weighted by Gasteiger charge is 2.34. The first-order valence-corrected chi connectivity index (χ1v) is 11.1. The topological polar surface area (TPSA) is 88.1 Å². The molecule has 2 aromatic carbocycles. The zero-order valence-electron chi connectivity index (χ0n) is 18.7. The first-order valence-electron chi connectivity index (χ1n) is 11.1. The number of ether oxygens (including phenoxy) is 2. The normalized spacial score (nSPS) is 17.3. The smallest absolute Gasteiger partial charge is 0.323 e. The van der Waals surface area contributed by atoms with Gasteiger partial charge in [0.05, 0.1) is 12.6 Å². The number of carbonyl (C=O) groups excluding carboxylic acids is 2. The average Bonchev–Trinajstić information content (AvgIpc) is 2.81. The second kappa shape index (κ2) is 11.8. The lowest BCUT2D eigenvalue weighted by molar-refractivity contribution is -0.162. The summed E-state index contributed by atoms with van der Waals surface area (Å²) in [6, 6.07) is 16.6. The third kappa shape index (κ3) is 6.16. The van der Waals surface area contributed by atoms with Gasteiger partial charge in [-0.1, -0.05) is 54.6 Å². The first-order chi connectivity index (χ1) is 15.5. The molecule has 0 saturated carbocycles. The quantitative estimate of drug-likeness (QED) is 0.436. The molecule has 1 amide bonds. The van der Waals surface area contributed by atoms with Gasteiger partial charge in [0.15, 0.2) is 0 Å². The van der Waals surface area contributed by atoms with Gasteiger partial charge in [0.2, 0.25) is 5.91 Å². The molecule has 7 heteroatoms. The van der Waals surface area contributed by atoms with Crippen LogP contribution in [0.2, 0.25) is 0 Å². The van der Waals surface area contributed by atoms with Crippen LogP contribution in [0.25, 0.3) is 0 Å². The van der Waals surface area contributed by atoms with Crippen molar-refractivity contribution in [3.8, 4) is 0 Å². The molecule has 2 aromatic rings. The molecule has 0 radical (unpaired) electrons. The molecule has 2 N–H and O–H groups in total. The Labute approximate surface area is 189 Å². The van der Waals surface area contributed by atoms with Crippen LogP contribution in [0.3, 0.4) is 0 Å². The van der Waals surface area contributed by atoms with Crippen molar-refractivity contribution in [1.82, 2.24) is 10.2 Å². The van der Waals surface area contributed by atoms with Crippen LogP contribution < -0.4 is 5.32 Å². The lowest BCUT2D eigenvalue weighted by atomic mass is 9.98. The fourth-order valence-electron chi connectivity index (χ4n) is 4.04. The van der Waals surface area contributed by atoms with Crippen molar-refractivity contribution in [2.75, 3.05) is 13.4 Å². The molecule has 1 aliphatic heterocycles. The van der Waals surface area contributed by atoms with E-state index in [0.717, 1.165) is 16.7 Å². The minimum Gasteiger partial charge on any atom is -0.465 e. The minimum atomic E-state index is -0.629. The van der Waals surface area contributed by atoms with E-state index in [-0.39, 0.29) is 18.5 Å². The zero-order chi connectivity index (χ0) is 22.9. The van der Waals surface area contributed by atoms with Gasteiger partial charge in [-0.3, -0.25) is 14.9 Å². The molecule has 0 aromatic heterocycles. The fraction of sp³-hybridized carbons (Fsp3) is 0.440. The molecule has 1 aliphatic rings. The summed E-state index contributed by atoms with van der Waals surface area (Å²) in [5, 5.41) is 12.5. The first kappa shape index (κ1) is 23.9. The van der Waals surface area contributed by atoms with Crippen LogP contribution in [0.15, 0.2) is 54.6 Å². The highest BCUT2D eigenvalue weighted by molar-refractivity contribution is 5.83. The van der Waals surface area contributed by atoms with Crippen LogP contribution in [0.5, 0.6) is 0 Å². The molecule has 0 spiro atoms. The summed E-state index contributed by atoms with van der Waals surface area (Å²) in [5.41, 5.74) is 3.27. The molecule has 172 valence electrons. The van der Waals surface area contributed by atoms with E-state index in [9.17, 15) is 14.7 Å². The van der Waals surface area contributed by atoms with Crippen molar-refractivity contribution in [2.45, 2.75) is 58.0 Å². The van der Waals surface area contributed by atoms with Gasteiger partial charge in [0.25, 0.3) is 0 Å². The number of nitrogens with one attached hydrogen (secondary N) is 1. The fourth-order valence-corrected chi connectivity index (χ4v) is 4.04. The maximum atomic E-state index is 13.3. The van der Waals surface area contributed by atoms with Crippen LogP contribution in [0, 0.1) is 0 Å². The third-order valence-electron chi connectivity index (χ3n) is 5.71. The van der Waals surface area contributed by atoms with E-state index in [1.54, 1.807) is 18.7 Å². The molecule has 7 nitrogen and oxygen atoms in total. The van der Waals surface area contributed by atoms with Gasteiger partial charge < -0.3 is 19.5 Å². The van der Waals surface area contributed by atoms with Gasteiger partial charge >= 0.3 is 5.97 Å². The van der Waals surface area contributed by atoms with Crippen molar-refractivity contribution in [3.63, 3.8) is 0 Å². The molecular weight excluding hydrogens is 408 g/mol. The molecule has 0 aliphatic carbocycles. The predicted octanol–water partition coefficient (Wildman–Crippen LogP) is 2.41. The molecule has 3 atom stereocenters. The van der Waals surface area contributed by atoms with Crippen molar-refractivity contribution >= 4 is 11.9 Å². The van der Waals surface area contributed by atoms with Gasteiger partial charge in [-0.25, -0.2) is 0 Å². The number of carbonyl (C=O) groups is 2. The van der Waals surface area contributed by atoms with Crippen molar-refractivity contribution in [3.05, 3.63) is 71.3 Å². The van der Waals surface area contributed by atoms with E-state index in [1.165, 1.54) is 0 Å². The number of aryl methyl sites for hydroxylation is 1. The van der Waals surface area contributed by atoms with Crippen LogP contribution >= 0.6 is 0 Å². The van der Waals surface area contributed by atoms with Crippen LogP contribution in [0.4, 0.5) is 0 Å². The van der Waals surface area contributed by atoms with Crippen molar-refractivity contribution < 1.29 is 24.2 Å². The lowest BCUT2D eigenvalue weighted by Crippen LogP contribution is -2.55. The average molecular weight is 441 g/mol. The number of amides is 1. The van der Waals surface area contributed by atoms with Crippen LogP contribution in [-0.2, 0) is 38.4 Å². The van der Waals surface area contributed by atoms with Gasteiger partial charge in [-0.05, 0) is 43.4 Å². The molecular formula is C25H32N2O5. The third-order valence-corrected chi connectivity index (χ3v) is 5.71. The molecule has 0 fully saturated rings. The standard InChI is InChI=1S/C25H32N2O5/c1-3-31-25(30)22(14-13-19-9-5-4-6-10-19)26-18(2)24(29)27-16-21-12-8-7-11-20(21)15-23(27)32-17-28/h4-12,18,22-23,26,28H,3,13-17H2,1-2H3/t18-,22-,23+/m0/s1. The summed E-state index contributed by atoms with van der Waals surface area (Å²) >= 11 is 0. The Bertz CT molecular complexity index is 889. The monoisotopic (exact) mass is 440 g/mol. The minimum absolute atomic E-state index is 0.188. The number of esters is 1. The Morgan fingerprint density at radius 1 is 1.12 bits per heavy atom. The summed E-state index contributed by atoms with van der Waals surface area (Å²) in [7, 11) is 0. The summed E-state index contributed by atoms with van der Waals surface area (Å²) in [6.07, 6.45) is 1.15. The number of aliphatic hydroxyl groups excluding tert-OH is 1.